The molecule has 0 aliphatic rings. The first kappa shape index (κ1) is 15.5. The first-order valence-electron chi connectivity index (χ1n) is 7.01. The van der Waals surface area contributed by atoms with Crippen LogP contribution in [0, 0.1) is 5.92 Å². The van der Waals surface area contributed by atoms with Gasteiger partial charge in [0.25, 0.3) is 0 Å². The summed E-state index contributed by atoms with van der Waals surface area (Å²) >= 11 is 0. The Hall–Kier alpha value is -1.51. The van der Waals surface area contributed by atoms with Crippen LogP contribution in [0.5, 0.6) is 0 Å². The summed E-state index contributed by atoms with van der Waals surface area (Å²) in [4.78, 5) is 4.35. The molecule has 0 radical (unpaired) electrons. The molecule has 3 nitrogen and oxygen atoms in total. The van der Waals surface area contributed by atoms with Crippen LogP contribution in [0.3, 0.4) is 0 Å². The number of hydrogen-bond donors (Lipinski definition) is 2. The monoisotopic (exact) mass is 261 g/mol. The smallest absolute Gasteiger partial charge is 0.189 e. The molecule has 0 saturated heterocycles. The predicted octanol–water partition coefficient (Wildman–Crippen LogP) is 2.96. The van der Waals surface area contributed by atoms with Crippen LogP contribution in [0.1, 0.15) is 39.7 Å². The fourth-order valence-electron chi connectivity index (χ4n) is 1.83. The van der Waals surface area contributed by atoms with Crippen LogP contribution in [-0.2, 0) is 6.42 Å². The maximum atomic E-state index is 5.92. The second-order valence-electron chi connectivity index (χ2n) is 6.11. The fraction of sp³-hybridized carbons (Fsp3) is 0.562. The highest BCUT2D eigenvalue weighted by atomic mass is 15.1. The van der Waals surface area contributed by atoms with Crippen molar-refractivity contribution >= 4 is 5.96 Å². The number of hydrogen-bond acceptors (Lipinski definition) is 1. The molecule has 1 aromatic carbocycles. The average Bonchev–Trinajstić information content (AvgIpc) is 2.35. The lowest BCUT2D eigenvalue weighted by Crippen LogP contribution is -2.47. The molecule has 106 valence electrons. The van der Waals surface area contributed by atoms with Gasteiger partial charge in [0.15, 0.2) is 5.96 Å². The van der Waals surface area contributed by atoms with Gasteiger partial charge in [-0.2, -0.15) is 0 Å². The van der Waals surface area contributed by atoms with Gasteiger partial charge < -0.3 is 11.1 Å². The van der Waals surface area contributed by atoms with Crippen molar-refractivity contribution in [2.24, 2.45) is 16.6 Å². The average molecular weight is 261 g/mol. The molecule has 0 aromatic heterocycles. The van der Waals surface area contributed by atoms with E-state index >= 15 is 0 Å². The third kappa shape index (κ3) is 6.85. The van der Waals surface area contributed by atoms with Gasteiger partial charge in [0.05, 0.1) is 0 Å². The Kier molecular flexibility index (Phi) is 5.87. The molecular weight excluding hydrogens is 234 g/mol. The molecule has 1 rings (SSSR count). The van der Waals surface area contributed by atoms with Gasteiger partial charge in [-0.15, -0.1) is 0 Å². The molecule has 3 N–H and O–H groups in total. The van der Waals surface area contributed by atoms with Crippen molar-refractivity contribution in [3.05, 3.63) is 35.9 Å². The molecule has 0 atom stereocenters. The minimum absolute atomic E-state index is 0.0413. The van der Waals surface area contributed by atoms with Crippen LogP contribution in [0.2, 0.25) is 0 Å². The van der Waals surface area contributed by atoms with E-state index in [4.69, 9.17) is 5.73 Å². The summed E-state index contributed by atoms with van der Waals surface area (Å²) in [6.45, 7) is 9.36. The van der Waals surface area contributed by atoms with Gasteiger partial charge in [-0.1, -0.05) is 44.2 Å². The summed E-state index contributed by atoms with van der Waals surface area (Å²) in [5, 5.41) is 3.31. The summed E-state index contributed by atoms with van der Waals surface area (Å²) in [5.74, 6) is 1.08. The highest BCUT2D eigenvalue weighted by molar-refractivity contribution is 5.78. The van der Waals surface area contributed by atoms with E-state index in [1.54, 1.807) is 0 Å². The minimum Gasteiger partial charge on any atom is -0.370 e. The summed E-state index contributed by atoms with van der Waals surface area (Å²) < 4.78 is 0. The molecule has 0 amide bonds. The molecule has 3 heteroatoms. The van der Waals surface area contributed by atoms with E-state index < -0.39 is 0 Å². The number of aryl methyl sites for hydroxylation is 1. The summed E-state index contributed by atoms with van der Waals surface area (Å²) in [7, 11) is 0. The summed E-state index contributed by atoms with van der Waals surface area (Å²) in [6.07, 6.45) is 2.06. The Morgan fingerprint density at radius 1 is 1.26 bits per heavy atom. The second-order valence-corrected chi connectivity index (χ2v) is 6.11. The molecule has 0 fully saturated rings. The van der Waals surface area contributed by atoms with Gasteiger partial charge in [0.1, 0.15) is 0 Å². The molecule has 0 bridgehead atoms. The van der Waals surface area contributed by atoms with Crippen LogP contribution in [-0.4, -0.2) is 18.0 Å². The maximum Gasteiger partial charge on any atom is 0.189 e. The molecule has 0 spiro atoms. The molecule has 0 saturated carbocycles. The molecule has 0 unspecified atom stereocenters. The first-order valence-corrected chi connectivity index (χ1v) is 7.01. The van der Waals surface area contributed by atoms with E-state index in [-0.39, 0.29) is 5.54 Å². The molecule has 0 heterocycles. The van der Waals surface area contributed by atoms with E-state index in [1.807, 2.05) is 6.07 Å². The van der Waals surface area contributed by atoms with E-state index in [2.05, 4.69) is 62.3 Å². The molecule has 1 aromatic rings. The normalized spacial score (nSPS) is 12.8. The van der Waals surface area contributed by atoms with E-state index in [0.717, 1.165) is 19.4 Å². The van der Waals surface area contributed by atoms with Crippen molar-refractivity contribution in [1.82, 2.24) is 5.32 Å². The quantitative estimate of drug-likeness (QED) is 0.611. The van der Waals surface area contributed by atoms with Crippen molar-refractivity contribution in [3.63, 3.8) is 0 Å². The lowest BCUT2D eigenvalue weighted by molar-refractivity contribution is 0.423. The third-order valence-corrected chi connectivity index (χ3v) is 2.97. The zero-order valence-corrected chi connectivity index (χ0v) is 12.6. The van der Waals surface area contributed by atoms with Crippen LogP contribution >= 0.6 is 0 Å². The molecule has 0 aliphatic heterocycles. The highest BCUT2D eigenvalue weighted by Crippen LogP contribution is 2.13. The summed E-state index contributed by atoms with van der Waals surface area (Å²) in [5.41, 5.74) is 7.23. The van der Waals surface area contributed by atoms with Gasteiger partial charge in [-0.3, -0.25) is 4.99 Å². The van der Waals surface area contributed by atoms with Crippen molar-refractivity contribution in [2.75, 3.05) is 6.54 Å². The van der Waals surface area contributed by atoms with Crippen LogP contribution in [0.25, 0.3) is 0 Å². The Labute approximate surface area is 117 Å². The minimum atomic E-state index is -0.0413. The number of nitrogens with two attached hydrogens (primary N) is 1. The van der Waals surface area contributed by atoms with Crippen molar-refractivity contribution < 1.29 is 0 Å². The number of rotatable bonds is 6. The number of aliphatic imine (C=N–C) groups is 1. The predicted molar refractivity (Wildman–Crippen MR) is 83.3 cm³/mol. The Morgan fingerprint density at radius 2 is 1.89 bits per heavy atom. The standard InChI is InChI=1S/C16H27N3/c1-13(2)12-18-15(17)19-16(3,4)11-10-14-8-6-5-7-9-14/h5-9,13H,10-12H2,1-4H3,(H3,17,18,19). The lowest BCUT2D eigenvalue weighted by atomic mass is 9.95. The number of benzene rings is 1. The van der Waals surface area contributed by atoms with Gasteiger partial charge in [-0.05, 0) is 38.2 Å². The van der Waals surface area contributed by atoms with Crippen LogP contribution in [0.4, 0.5) is 0 Å². The molecular formula is C16H27N3. The molecule has 0 aliphatic carbocycles. The van der Waals surface area contributed by atoms with E-state index in [1.165, 1.54) is 5.56 Å². The highest BCUT2D eigenvalue weighted by Gasteiger charge is 2.17. The zero-order chi connectivity index (χ0) is 14.3. The van der Waals surface area contributed by atoms with E-state index in [9.17, 15) is 0 Å². The first-order chi connectivity index (χ1) is 8.89. The maximum absolute atomic E-state index is 5.92. The fourth-order valence-corrected chi connectivity index (χ4v) is 1.83. The Bertz CT molecular complexity index is 394. The van der Waals surface area contributed by atoms with Crippen LogP contribution < -0.4 is 11.1 Å². The lowest BCUT2D eigenvalue weighted by Gasteiger charge is -2.27. The Balaban J connectivity index is 2.45. The molecule has 19 heavy (non-hydrogen) atoms. The van der Waals surface area contributed by atoms with Gasteiger partial charge in [-0.25, -0.2) is 0 Å². The van der Waals surface area contributed by atoms with Crippen LogP contribution in [0.15, 0.2) is 35.3 Å². The number of nitrogens with zero attached hydrogens (tertiary/aromatic N) is 1. The number of nitrogens with one attached hydrogen (secondary N) is 1. The second kappa shape index (κ2) is 7.17. The topological polar surface area (TPSA) is 50.4 Å². The van der Waals surface area contributed by atoms with E-state index in [0.29, 0.717) is 11.9 Å². The summed E-state index contributed by atoms with van der Waals surface area (Å²) in [6, 6.07) is 10.5. The van der Waals surface area contributed by atoms with Crippen molar-refractivity contribution in [3.8, 4) is 0 Å². The third-order valence-electron chi connectivity index (χ3n) is 2.97. The number of guanidine groups is 1. The van der Waals surface area contributed by atoms with Gasteiger partial charge in [0.2, 0.25) is 0 Å². The van der Waals surface area contributed by atoms with Crippen molar-refractivity contribution in [2.45, 2.75) is 46.1 Å². The van der Waals surface area contributed by atoms with Crippen molar-refractivity contribution in [1.29, 1.82) is 0 Å². The Morgan fingerprint density at radius 3 is 2.47 bits per heavy atom. The zero-order valence-electron chi connectivity index (χ0n) is 12.6. The van der Waals surface area contributed by atoms with Gasteiger partial charge in [0, 0.05) is 12.1 Å². The largest absolute Gasteiger partial charge is 0.370 e. The SMILES string of the molecule is CC(C)CN=C(N)NC(C)(C)CCc1ccccc1. The van der Waals surface area contributed by atoms with Gasteiger partial charge >= 0.3 is 0 Å².